The maximum absolute atomic E-state index is 12.7. The molecule has 0 saturated carbocycles. The summed E-state index contributed by atoms with van der Waals surface area (Å²) in [7, 11) is 0. The summed E-state index contributed by atoms with van der Waals surface area (Å²) in [5.41, 5.74) is -2.39. The molecule has 4 nitrogen and oxygen atoms in total. The standard InChI is InChI=1S/C15H21BrN2O2/c1-15(2,3)20-14(19)18-8-6-11(7-9-18)12-4-5-13(16)17-10-12/h4-5,10-11H,6-9H2,1-3H3/i4D,5D,6D2,7D2,8D2,9D2,10D,11D. The van der Waals surface area contributed by atoms with Crippen LogP contribution in [0.25, 0.3) is 0 Å². The molecule has 1 saturated heterocycles. The first-order valence-corrected chi connectivity index (χ1v) is 6.46. The summed E-state index contributed by atoms with van der Waals surface area (Å²) in [5, 5.41) is 0. The van der Waals surface area contributed by atoms with Crippen LogP contribution in [-0.2, 0) is 4.74 Å². The van der Waals surface area contributed by atoms with Crippen molar-refractivity contribution in [1.29, 1.82) is 0 Å². The van der Waals surface area contributed by atoms with Crippen molar-refractivity contribution in [2.75, 3.05) is 13.0 Å². The molecule has 0 N–H and O–H groups in total. The maximum Gasteiger partial charge on any atom is 0.410 e. The van der Waals surface area contributed by atoms with Crippen molar-refractivity contribution in [3.8, 4) is 0 Å². The number of ether oxygens (including phenoxy) is 1. The fourth-order valence-electron chi connectivity index (χ4n) is 1.20. The van der Waals surface area contributed by atoms with Crippen LogP contribution in [0.3, 0.4) is 0 Å². The lowest BCUT2D eigenvalue weighted by molar-refractivity contribution is 0.0205. The molecule has 20 heavy (non-hydrogen) atoms. The second-order valence-electron chi connectivity index (χ2n) is 4.80. The number of hydrogen-bond donors (Lipinski definition) is 0. The molecule has 0 radical (unpaired) electrons. The highest BCUT2D eigenvalue weighted by Crippen LogP contribution is 2.28. The van der Waals surface area contributed by atoms with Crippen molar-refractivity contribution >= 4 is 22.0 Å². The van der Waals surface area contributed by atoms with Crippen LogP contribution in [0.4, 0.5) is 4.79 Å². The lowest BCUT2D eigenvalue weighted by Crippen LogP contribution is -2.41. The molecule has 0 spiro atoms. The number of likely N-dealkylation sites (tertiary alicyclic amines) is 1. The van der Waals surface area contributed by atoms with Crippen LogP contribution in [0.1, 0.15) is 61.4 Å². The van der Waals surface area contributed by atoms with Gasteiger partial charge in [0, 0.05) is 31.5 Å². The van der Waals surface area contributed by atoms with Crippen molar-refractivity contribution in [1.82, 2.24) is 9.88 Å². The van der Waals surface area contributed by atoms with E-state index in [1.807, 2.05) is 0 Å². The predicted molar refractivity (Wildman–Crippen MR) is 81.7 cm³/mol. The van der Waals surface area contributed by atoms with Gasteiger partial charge >= 0.3 is 6.09 Å². The second-order valence-corrected chi connectivity index (χ2v) is 5.55. The molecule has 1 aromatic heterocycles. The molecule has 2 heterocycles. The lowest BCUT2D eigenvalue weighted by Gasteiger charge is -2.33. The van der Waals surface area contributed by atoms with E-state index < -0.39 is 67.1 Å². The van der Waals surface area contributed by atoms with Crippen molar-refractivity contribution in [3.05, 3.63) is 28.4 Å². The number of aromatic nitrogens is 1. The van der Waals surface area contributed by atoms with E-state index in [9.17, 15) is 4.79 Å². The summed E-state index contributed by atoms with van der Waals surface area (Å²) in [6, 6.07) is -1.73. The SMILES string of the molecule is [2H]c1nc(Br)c([2H])c([2H])c1C1([2H])C([2H])([2H])C([2H])([2H])N(C(=O)OC(C)(C)C)C([2H])([2H])C1([2H])[2H]. The molecule has 1 aliphatic heterocycles. The van der Waals surface area contributed by atoms with Gasteiger partial charge in [0.1, 0.15) is 10.2 Å². The predicted octanol–water partition coefficient (Wildman–Crippen LogP) is 3.96. The van der Waals surface area contributed by atoms with E-state index >= 15 is 0 Å². The molecular formula is C15H21BrN2O2. The first kappa shape index (κ1) is 5.95. The van der Waals surface area contributed by atoms with E-state index in [4.69, 9.17) is 21.2 Å². The van der Waals surface area contributed by atoms with Gasteiger partial charge in [0.25, 0.3) is 0 Å². The fraction of sp³-hybridized carbons (Fsp3) is 0.600. The van der Waals surface area contributed by atoms with Crippen LogP contribution in [-0.4, -0.2) is 34.6 Å². The Labute approximate surface area is 145 Å². The van der Waals surface area contributed by atoms with E-state index in [2.05, 4.69) is 20.9 Å². The Hall–Kier alpha value is -1.10. The van der Waals surface area contributed by atoms with Crippen molar-refractivity contribution in [2.24, 2.45) is 0 Å². The van der Waals surface area contributed by atoms with Crippen LogP contribution in [0.5, 0.6) is 0 Å². The molecule has 0 aliphatic carbocycles. The monoisotopic (exact) mass is 352 g/mol. The Morgan fingerprint density at radius 3 is 2.80 bits per heavy atom. The number of carbonyl (C=O) groups is 1. The van der Waals surface area contributed by atoms with Crippen LogP contribution < -0.4 is 0 Å². The minimum absolute atomic E-state index is 0.321. The molecule has 0 unspecified atom stereocenters. The largest absolute Gasteiger partial charge is 0.444 e. The number of rotatable bonds is 1. The number of piperidine rings is 1. The minimum Gasteiger partial charge on any atom is -0.444 e. The molecule has 0 bridgehead atoms. The molecule has 1 amide bonds. The van der Waals surface area contributed by atoms with Crippen molar-refractivity contribution < 1.29 is 26.0 Å². The summed E-state index contributed by atoms with van der Waals surface area (Å²) >= 11 is 2.83. The number of carbonyl (C=O) groups excluding carboxylic acids is 1. The third-order valence-corrected chi connectivity index (χ3v) is 2.34. The highest BCUT2D eigenvalue weighted by atomic mass is 79.9. The Morgan fingerprint density at radius 2 is 2.20 bits per heavy atom. The minimum atomic E-state index is -3.75. The molecule has 1 aromatic rings. The molecule has 0 atom stereocenters. The molecular weight excluding hydrogens is 320 g/mol. The lowest BCUT2D eigenvalue weighted by atomic mass is 9.91. The topological polar surface area (TPSA) is 42.4 Å². The summed E-state index contributed by atoms with van der Waals surface area (Å²) in [5.74, 6) is -3.62. The highest BCUT2D eigenvalue weighted by Gasteiger charge is 2.27. The number of amides is 1. The average Bonchev–Trinajstić information content (AvgIpc) is 2.55. The van der Waals surface area contributed by atoms with Crippen LogP contribution in [0.2, 0.25) is 0 Å². The van der Waals surface area contributed by atoms with Gasteiger partial charge in [-0.1, -0.05) is 6.04 Å². The molecule has 2 rings (SSSR count). The van der Waals surface area contributed by atoms with Gasteiger partial charge in [-0.05, 0) is 66.9 Å². The smallest absolute Gasteiger partial charge is 0.410 e. The average molecular weight is 353 g/mol. The Bertz CT molecular complexity index is 935. The Morgan fingerprint density at radius 1 is 1.55 bits per heavy atom. The van der Waals surface area contributed by atoms with Gasteiger partial charge in [-0.15, -0.1) is 0 Å². The van der Waals surface area contributed by atoms with E-state index in [1.54, 1.807) is 0 Å². The number of halogens is 1. The molecule has 0 aromatic carbocycles. The summed E-state index contributed by atoms with van der Waals surface area (Å²) in [6.07, 6.45) is -10.2. The van der Waals surface area contributed by atoms with Crippen molar-refractivity contribution in [2.45, 2.75) is 45.0 Å². The van der Waals surface area contributed by atoms with Gasteiger partial charge in [0.05, 0.1) is 4.11 Å². The first-order valence-electron chi connectivity index (χ1n) is 11.7. The summed E-state index contributed by atoms with van der Waals surface area (Å²) < 4.78 is 104. The summed E-state index contributed by atoms with van der Waals surface area (Å²) in [6.45, 7) is -3.22. The van der Waals surface area contributed by atoms with Crippen LogP contribution in [0.15, 0.2) is 22.9 Å². The molecule has 5 heteroatoms. The third-order valence-electron chi connectivity index (χ3n) is 1.97. The zero-order valence-electron chi connectivity index (χ0n) is 23.1. The number of hydrogen-bond acceptors (Lipinski definition) is 3. The van der Waals surface area contributed by atoms with E-state index in [-0.39, 0.29) is 9.50 Å². The van der Waals surface area contributed by atoms with Gasteiger partial charge in [0.15, 0.2) is 0 Å². The van der Waals surface area contributed by atoms with Gasteiger partial charge in [-0.2, -0.15) is 0 Å². The van der Waals surface area contributed by atoms with Gasteiger partial charge in [-0.3, -0.25) is 0 Å². The van der Waals surface area contributed by atoms with Gasteiger partial charge < -0.3 is 9.64 Å². The highest BCUT2D eigenvalue weighted by molar-refractivity contribution is 9.10. The molecule has 110 valence electrons. The van der Waals surface area contributed by atoms with E-state index in [1.165, 1.54) is 20.8 Å². The van der Waals surface area contributed by atoms with E-state index in [0.717, 1.165) is 0 Å². The van der Waals surface area contributed by atoms with Crippen LogP contribution >= 0.6 is 15.9 Å². The third kappa shape index (κ3) is 4.20. The number of nitrogens with zero attached hydrogens (tertiary/aromatic N) is 2. The fourth-order valence-corrected chi connectivity index (χ4v) is 1.39. The quantitative estimate of drug-likeness (QED) is 0.718. The normalized spacial score (nSPS) is 37.5. The first-order chi connectivity index (χ1) is 14.0. The van der Waals surface area contributed by atoms with E-state index in [0.29, 0.717) is 0 Å². The Kier molecular flexibility index (Phi) is 1.82. The maximum atomic E-state index is 12.7. The van der Waals surface area contributed by atoms with Gasteiger partial charge in [-0.25, -0.2) is 9.78 Å². The Balaban J connectivity index is 2.96. The zero-order chi connectivity index (χ0) is 25.5. The number of pyridine rings is 1. The molecule has 1 fully saturated rings. The van der Waals surface area contributed by atoms with Gasteiger partial charge in [0.2, 0.25) is 0 Å². The molecule has 1 aliphatic rings. The zero-order valence-corrected chi connectivity index (χ0v) is 12.7. The van der Waals surface area contributed by atoms with Crippen LogP contribution in [0, 0.1) is 0 Å². The van der Waals surface area contributed by atoms with Crippen molar-refractivity contribution in [3.63, 3.8) is 0 Å². The second kappa shape index (κ2) is 6.12. The summed E-state index contributed by atoms with van der Waals surface area (Å²) in [4.78, 5) is 15.9.